The van der Waals surface area contributed by atoms with Crippen LogP contribution in [0.1, 0.15) is 181 Å². The molecule has 334 valence electrons. The van der Waals surface area contributed by atoms with Crippen molar-refractivity contribution in [1.29, 1.82) is 0 Å². The van der Waals surface area contributed by atoms with Crippen LogP contribution in [0.2, 0.25) is 0 Å². The molecular weight excluding hydrogens is 757 g/mol. The molecule has 0 saturated heterocycles. The van der Waals surface area contributed by atoms with Crippen molar-refractivity contribution < 1.29 is 47.5 Å². The Morgan fingerprint density at radius 1 is 0.552 bits per heavy atom. The van der Waals surface area contributed by atoms with E-state index in [1.807, 2.05) is 0 Å². The molecule has 58 heavy (non-hydrogen) atoms. The van der Waals surface area contributed by atoms with Gasteiger partial charge in [0.05, 0.1) is 13.2 Å². The van der Waals surface area contributed by atoms with Crippen molar-refractivity contribution in [1.82, 2.24) is 0 Å². The van der Waals surface area contributed by atoms with E-state index in [0.29, 0.717) is 12.8 Å². The number of ether oxygens (including phenoxy) is 2. The van der Waals surface area contributed by atoms with Gasteiger partial charge in [0.1, 0.15) is 12.6 Å². The van der Waals surface area contributed by atoms with Crippen molar-refractivity contribution in [2.75, 3.05) is 19.8 Å². The monoisotopic (exact) mass is 838 g/mol. The number of hydrogen-bond donors (Lipinski definition) is 3. The molecule has 0 aromatic heterocycles. The molecule has 0 heterocycles. The summed E-state index contributed by atoms with van der Waals surface area (Å²) in [5.74, 6) is -2.44. The van der Waals surface area contributed by atoms with Gasteiger partial charge in [0.2, 0.25) is 0 Å². The quantitative estimate of drug-likeness (QED) is 0.0231. The van der Waals surface area contributed by atoms with Gasteiger partial charge in [-0.1, -0.05) is 152 Å². The van der Waals surface area contributed by atoms with E-state index in [-0.39, 0.29) is 19.4 Å². The standard InChI is InChI=1S/C46H80NO10P/c1-3-5-7-9-11-13-15-17-19-20-21-22-24-25-27-29-31-33-35-37-44(48)54-39-42(40-55-58(52,53)56-41-43(47)46(50)51)57-45(49)38-36-34-32-30-28-26-23-18-16-14-12-10-8-6-4-2/h6,8,12,14,18,20-21,23,28,30,42-43H,3-5,7,9-11,13,15-17,19,22,24-27,29,31-41,47H2,1-2H3,(H,50,51)(H,52,53)/b8-6-,14-12-,21-20-,23-18-,30-28-/t42-,43+/m1/s1. The first kappa shape index (κ1) is 55.2. The minimum atomic E-state index is -4.73. The number of allylic oxidation sites excluding steroid dienone is 10. The molecule has 4 N–H and O–H groups in total. The van der Waals surface area contributed by atoms with Crippen LogP contribution in [0.3, 0.4) is 0 Å². The third-order valence-corrected chi connectivity index (χ3v) is 10.2. The lowest BCUT2D eigenvalue weighted by Gasteiger charge is -2.20. The lowest BCUT2D eigenvalue weighted by molar-refractivity contribution is -0.161. The van der Waals surface area contributed by atoms with Gasteiger partial charge >= 0.3 is 25.7 Å². The van der Waals surface area contributed by atoms with Crippen molar-refractivity contribution in [3.63, 3.8) is 0 Å². The summed E-state index contributed by atoms with van der Waals surface area (Å²) in [7, 11) is -4.73. The van der Waals surface area contributed by atoms with E-state index in [4.69, 9.17) is 24.8 Å². The van der Waals surface area contributed by atoms with E-state index in [1.165, 1.54) is 77.0 Å². The highest BCUT2D eigenvalue weighted by Crippen LogP contribution is 2.43. The fourth-order valence-electron chi connectivity index (χ4n) is 5.76. The number of carboxylic acids is 1. The second-order valence-electron chi connectivity index (χ2n) is 14.8. The number of carbonyl (C=O) groups excluding carboxylic acids is 2. The molecular formula is C46H80NO10P. The van der Waals surface area contributed by atoms with Crippen LogP contribution in [0.5, 0.6) is 0 Å². The van der Waals surface area contributed by atoms with E-state index in [1.54, 1.807) is 0 Å². The number of aliphatic carboxylic acids is 1. The Morgan fingerprint density at radius 3 is 1.50 bits per heavy atom. The van der Waals surface area contributed by atoms with E-state index >= 15 is 0 Å². The Hall–Kier alpha value is -2.82. The van der Waals surface area contributed by atoms with Crippen molar-refractivity contribution in [3.05, 3.63) is 60.8 Å². The maximum Gasteiger partial charge on any atom is 0.472 e. The van der Waals surface area contributed by atoms with Gasteiger partial charge in [-0.25, -0.2) is 4.57 Å². The second-order valence-corrected chi connectivity index (χ2v) is 16.2. The van der Waals surface area contributed by atoms with Gasteiger partial charge < -0.3 is 25.2 Å². The smallest absolute Gasteiger partial charge is 0.472 e. The second kappa shape index (κ2) is 40.9. The van der Waals surface area contributed by atoms with Gasteiger partial charge in [0.15, 0.2) is 6.10 Å². The highest BCUT2D eigenvalue weighted by Gasteiger charge is 2.28. The van der Waals surface area contributed by atoms with E-state index < -0.39 is 51.1 Å². The molecule has 11 nitrogen and oxygen atoms in total. The summed E-state index contributed by atoms with van der Waals surface area (Å²) >= 11 is 0. The van der Waals surface area contributed by atoms with Crippen LogP contribution in [0.4, 0.5) is 0 Å². The number of phosphoric ester groups is 1. The normalized spacial score (nSPS) is 14.3. The maximum atomic E-state index is 12.6. The summed E-state index contributed by atoms with van der Waals surface area (Å²) in [5.41, 5.74) is 5.33. The number of carbonyl (C=O) groups is 3. The SMILES string of the molecule is CC/C=C\C/C=C\C/C=C\C/C=C\CCCCC(=O)O[C@H](COC(=O)CCCCCCCCC/C=C\CCCCCCCCCC)COP(=O)(O)OC[C@H](N)C(=O)O. The Kier molecular flexibility index (Phi) is 38.9. The van der Waals surface area contributed by atoms with Gasteiger partial charge in [0, 0.05) is 12.8 Å². The summed E-state index contributed by atoms with van der Waals surface area (Å²) in [6.07, 6.45) is 47.2. The Bertz CT molecular complexity index is 1210. The third kappa shape index (κ3) is 40.0. The molecule has 0 rings (SSSR count). The van der Waals surface area contributed by atoms with Gasteiger partial charge in [-0.2, -0.15) is 0 Å². The molecule has 0 aliphatic heterocycles. The van der Waals surface area contributed by atoms with Gasteiger partial charge in [0.25, 0.3) is 0 Å². The summed E-state index contributed by atoms with van der Waals surface area (Å²) in [4.78, 5) is 46.0. The van der Waals surface area contributed by atoms with Crippen LogP contribution in [0.15, 0.2) is 60.8 Å². The molecule has 12 heteroatoms. The van der Waals surface area contributed by atoms with Gasteiger partial charge in [-0.15, -0.1) is 0 Å². The predicted molar refractivity (Wildman–Crippen MR) is 235 cm³/mol. The van der Waals surface area contributed by atoms with E-state index in [2.05, 4.69) is 79.1 Å². The Labute approximate surface area is 351 Å². The zero-order valence-corrected chi connectivity index (χ0v) is 37.0. The lowest BCUT2D eigenvalue weighted by atomic mass is 10.1. The van der Waals surface area contributed by atoms with Gasteiger partial charge in [-0.05, 0) is 77.0 Å². The summed E-state index contributed by atoms with van der Waals surface area (Å²) in [5, 5.41) is 8.89. The number of unbranched alkanes of at least 4 members (excludes halogenated alkanes) is 17. The average molecular weight is 838 g/mol. The first-order chi connectivity index (χ1) is 28.1. The largest absolute Gasteiger partial charge is 0.480 e. The fraction of sp³-hybridized carbons (Fsp3) is 0.717. The highest BCUT2D eigenvalue weighted by molar-refractivity contribution is 7.47. The molecule has 0 aromatic carbocycles. The van der Waals surface area contributed by atoms with Crippen molar-refractivity contribution in [2.24, 2.45) is 5.73 Å². The summed E-state index contributed by atoms with van der Waals surface area (Å²) in [6.45, 7) is 2.64. The van der Waals surface area contributed by atoms with Crippen LogP contribution in [-0.2, 0) is 37.5 Å². The number of esters is 2. The van der Waals surface area contributed by atoms with Crippen LogP contribution in [0, 0.1) is 0 Å². The minimum absolute atomic E-state index is 0.106. The molecule has 1 unspecified atom stereocenters. The maximum absolute atomic E-state index is 12.6. The number of nitrogens with two attached hydrogens (primary N) is 1. The molecule has 3 atom stereocenters. The van der Waals surface area contributed by atoms with Crippen molar-refractivity contribution in [3.8, 4) is 0 Å². The number of phosphoric acid groups is 1. The molecule has 0 amide bonds. The van der Waals surface area contributed by atoms with E-state index in [0.717, 1.165) is 64.2 Å². The Balaban J connectivity index is 4.39. The molecule has 0 aliphatic carbocycles. The molecule has 0 fully saturated rings. The van der Waals surface area contributed by atoms with Crippen LogP contribution in [-0.4, -0.2) is 59.9 Å². The summed E-state index contributed by atoms with van der Waals surface area (Å²) in [6, 6.07) is -1.53. The van der Waals surface area contributed by atoms with Crippen molar-refractivity contribution in [2.45, 2.75) is 193 Å². The zero-order chi connectivity index (χ0) is 42.8. The summed E-state index contributed by atoms with van der Waals surface area (Å²) < 4.78 is 32.7. The lowest BCUT2D eigenvalue weighted by Crippen LogP contribution is -2.34. The number of rotatable bonds is 41. The van der Waals surface area contributed by atoms with Crippen LogP contribution >= 0.6 is 7.82 Å². The molecule has 0 saturated carbocycles. The van der Waals surface area contributed by atoms with E-state index in [9.17, 15) is 23.8 Å². The van der Waals surface area contributed by atoms with Crippen molar-refractivity contribution >= 4 is 25.7 Å². The fourth-order valence-corrected chi connectivity index (χ4v) is 6.53. The van der Waals surface area contributed by atoms with Crippen LogP contribution in [0.25, 0.3) is 0 Å². The van der Waals surface area contributed by atoms with Gasteiger partial charge in [-0.3, -0.25) is 23.4 Å². The zero-order valence-electron chi connectivity index (χ0n) is 36.1. The molecule has 0 spiro atoms. The predicted octanol–water partition coefficient (Wildman–Crippen LogP) is 12.0. The average Bonchev–Trinajstić information content (AvgIpc) is 3.20. The third-order valence-electron chi connectivity index (χ3n) is 9.25. The number of carboxylic acid groups (broad SMARTS) is 1. The van der Waals surface area contributed by atoms with Crippen LogP contribution < -0.4 is 5.73 Å². The molecule has 0 bridgehead atoms. The molecule has 0 radical (unpaired) electrons. The molecule has 0 aliphatic rings. The minimum Gasteiger partial charge on any atom is -0.480 e. The highest BCUT2D eigenvalue weighted by atomic mass is 31.2. The first-order valence-corrected chi connectivity index (χ1v) is 23.8. The first-order valence-electron chi connectivity index (χ1n) is 22.3. The molecule has 0 aromatic rings. The number of hydrogen-bond acceptors (Lipinski definition) is 9. The Morgan fingerprint density at radius 2 is 0.966 bits per heavy atom. The topological polar surface area (TPSA) is 172 Å².